The number of aliphatic hydroxyl groups is 1. The summed E-state index contributed by atoms with van der Waals surface area (Å²) in [7, 11) is 4.11. The van der Waals surface area contributed by atoms with Gasteiger partial charge in [0.15, 0.2) is 0 Å². The van der Waals surface area contributed by atoms with Gasteiger partial charge >= 0.3 is 0 Å². The Morgan fingerprint density at radius 1 is 1.25 bits per heavy atom. The molecule has 0 radical (unpaired) electrons. The SMILES string of the molecule is CN(C)[C@]1(c2ccccc2)CCCC1O.Cl. The van der Waals surface area contributed by atoms with Gasteiger partial charge in [-0.1, -0.05) is 30.3 Å². The summed E-state index contributed by atoms with van der Waals surface area (Å²) >= 11 is 0. The molecule has 1 fully saturated rings. The molecule has 2 nitrogen and oxygen atoms in total. The summed E-state index contributed by atoms with van der Waals surface area (Å²) in [4.78, 5) is 2.17. The van der Waals surface area contributed by atoms with Crippen molar-refractivity contribution in [2.45, 2.75) is 30.9 Å². The molecule has 1 aliphatic rings. The summed E-state index contributed by atoms with van der Waals surface area (Å²) in [5.74, 6) is 0. The third kappa shape index (κ3) is 1.97. The van der Waals surface area contributed by atoms with Gasteiger partial charge in [0, 0.05) is 0 Å². The first-order valence-electron chi connectivity index (χ1n) is 5.59. The number of nitrogens with zero attached hydrogens (tertiary/aromatic N) is 1. The molecule has 0 heterocycles. The van der Waals surface area contributed by atoms with E-state index >= 15 is 0 Å². The van der Waals surface area contributed by atoms with Gasteiger partial charge in [-0.2, -0.15) is 0 Å². The van der Waals surface area contributed by atoms with Gasteiger partial charge in [-0.3, -0.25) is 4.90 Å². The van der Waals surface area contributed by atoms with Gasteiger partial charge in [0.25, 0.3) is 0 Å². The van der Waals surface area contributed by atoms with Crippen molar-refractivity contribution in [2.24, 2.45) is 0 Å². The zero-order chi connectivity index (χ0) is 10.9. The summed E-state index contributed by atoms with van der Waals surface area (Å²) in [5, 5.41) is 10.2. The number of likely N-dealkylation sites (N-methyl/N-ethyl adjacent to an activating group) is 1. The summed E-state index contributed by atoms with van der Waals surface area (Å²) in [5.41, 5.74) is 1.07. The van der Waals surface area contributed by atoms with Crippen molar-refractivity contribution in [3.05, 3.63) is 35.9 Å². The molecule has 0 aliphatic heterocycles. The summed E-state index contributed by atoms with van der Waals surface area (Å²) in [6, 6.07) is 10.4. The van der Waals surface area contributed by atoms with Crippen molar-refractivity contribution in [1.29, 1.82) is 0 Å². The third-order valence-electron chi connectivity index (χ3n) is 3.66. The molecule has 1 aromatic rings. The lowest BCUT2D eigenvalue weighted by Gasteiger charge is -2.39. The van der Waals surface area contributed by atoms with Crippen LogP contribution in [0.1, 0.15) is 24.8 Å². The second-order valence-electron chi connectivity index (χ2n) is 4.59. The van der Waals surface area contributed by atoms with Crippen molar-refractivity contribution in [1.82, 2.24) is 4.90 Å². The Morgan fingerprint density at radius 2 is 1.88 bits per heavy atom. The summed E-state index contributed by atoms with van der Waals surface area (Å²) in [6.07, 6.45) is 2.82. The number of rotatable bonds is 2. The quantitative estimate of drug-likeness (QED) is 0.860. The largest absolute Gasteiger partial charge is 0.391 e. The van der Waals surface area contributed by atoms with Crippen molar-refractivity contribution in [2.75, 3.05) is 14.1 Å². The van der Waals surface area contributed by atoms with Crippen LogP contribution in [0.3, 0.4) is 0 Å². The first-order chi connectivity index (χ1) is 7.18. The van der Waals surface area contributed by atoms with Gasteiger partial charge in [-0.15, -0.1) is 12.4 Å². The first-order valence-corrected chi connectivity index (χ1v) is 5.59. The molecule has 2 atom stereocenters. The van der Waals surface area contributed by atoms with Crippen LogP contribution in [-0.2, 0) is 5.54 Å². The fraction of sp³-hybridized carbons (Fsp3) is 0.538. The Balaban J connectivity index is 0.00000128. The average molecular weight is 242 g/mol. The molecular weight excluding hydrogens is 222 g/mol. The third-order valence-corrected chi connectivity index (χ3v) is 3.66. The molecule has 0 amide bonds. The lowest BCUT2D eigenvalue weighted by Crippen LogP contribution is -2.47. The Labute approximate surface area is 104 Å². The van der Waals surface area contributed by atoms with Crippen LogP contribution in [0, 0.1) is 0 Å². The van der Waals surface area contributed by atoms with Crippen molar-refractivity contribution in [3.63, 3.8) is 0 Å². The highest BCUT2D eigenvalue weighted by molar-refractivity contribution is 5.85. The minimum atomic E-state index is -0.241. The smallest absolute Gasteiger partial charge is 0.0765 e. The molecule has 90 valence electrons. The minimum absolute atomic E-state index is 0. The Bertz CT molecular complexity index is 328. The monoisotopic (exact) mass is 241 g/mol. The number of hydrogen-bond donors (Lipinski definition) is 1. The predicted molar refractivity (Wildman–Crippen MR) is 68.9 cm³/mol. The Morgan fingerprint density at radius 3 is 2.31 bits per heavy atom. The van der Waals surface area contributed by atoms with E-state index in [0.717, 1.165) is 19.3 Å². The van der Waals surface area contributed by atoms with E-state index in [1.54, 1.807) is 0 Å². The maximum Gasteiger partial charge on any atom is 0.0765 e. The second-order valence-corrected chi connectivity index (χ2v) is 4.59. The van der Waals surface area contributed by atoms with Crippen LogP contribution in [-0.4, -0.2) is 30.2 Å². The first kappa shape index (κ1) is 13.5. The van der Waals surface area contributed by atoms with Crippen LogP contribution in [0.2, 0.25) is 0 Å². The number of aliphatic hydroxyl groups excluding tert-OH is 1. The van der Waals surface area contributed by atoms with E-state index in [4.69, 9.17) is 0 Å². The minimum Gasteiger partial charge on any atom is -0.391 e. The lowest BCUT2D eigenvalue weighted by atomic mass is 9.85. The summed E-state index contributed by atoms with van der Waals surface area (Å²) < 4.78 is 0. The van der Waals surface area contributed by atoms with E-state index in [0.29, 0.717) is 0 Å². The van der Waals surface area contributed by atoms with Crippen molar-refractivity contribution < 1.29 is 5.11 Å². The Kier molecular flexibility index (Phi) is 4.36. The molecule has 0 spiro atoms. The second kappa shape index (κ2) is 5.17. The molecule has 0 bridgehead atoms. The van der Waals surface area contributed by atoms with Crippen molar-refractivity contribution in [3.8, 4) is 0 Å². The van der Waals surface area contributed by atoms with Crippen LogP contribution in [0.25, 0.3) is 0 Å². The van der Waals surface area contributed by atoms with Gasteiger partial charge in [0.05, 0.1) is 11.6 Å². The molecule has 3 heteroatoms. The van der Waals surface area contributed by atoms with E-state index in [2.05, 4.69) is 31.1 Å². The molecular formula is C13H20ClNO. The van der Waals surface area contributed by atoms with Crippen LogP contribution >= 0.6 is 12.4 Å². The van der Waals surface area contributed by atoms with Gasteiger partial charge in [-0.05, 0) is 38.9 Å². The highest BCUT2D eigenvalue weighted by Gasteiger charge is 2.45. The van der Waals surface area contributed by atoms with Gasteiger partial charge in [0.2, 0.25) is 0 Å². The number of halogens is 1. The van der Waals surface area contributed by atoms with Gasteiger partial charge < -0.3 is 5.11 Å². The van der Waals surface area contributed by atoms with E-state index in [1.807, 2.05) is 18.2 Å². The number of hydrogen-bond acceptors (Lipinski definition) is 2. The molecule has 1 aliphatic carbocycles. The highest BCUT2D eigenvalue weighted by atomic mass is 35.5. The molecule has 1 unspecified atom stereocenters. The average Bonchev–Trinajstić information content (AvgIpc) is 2.62. The maximum atomic E-state index is 10.2. The number of benzene rings is 1. The molecule has 1 N–H and O–H groups in total. The highest BCUT2D eigenvalue weighted by Crippen LogP contribution is 2.42. The van der Waals surface area contributed by atoms with Crippen LogP contribution in [0.4, 0.5) is 0 Å². The van der Waals surface area contributed by atoms with Crippen molar-refractivity contribution >= 4 is 12.4 Å². The zero-order valence-corrected chi connectivity index (χ0v) is 10.7. The molecule has 1 aromatic carbocycles. The molecule has 1 saturated carbocycles. The topological polar surface area (TPSA) is 23.5 Å². The van der Waals surface area contributed by atoms with Gasteiger partial charge in [-0.25, -0.2) is 0 Å². The fourth-order valence-electron chi connectivity index (χ4n) is 2.81. The zero-order valence-electron chi connectivity index (χ0n) is 9.89. The van der Waals surface area contributed by atoms with Crippen LogP contribution in [0.5, 0.6) is 0 Å². The maximum absolute atomic E-state index is 10.2. The van der Waals surface area contributed by atoms with Crippen LogP contribution < -0.4 is 0 Å². The van der Waals surface area contributed by atoms with E-state index in [-0.39, 0.29) is 24.0 Å². The molecule has 0 aromatic heterocycles. The van der Waals surface area contributed by atoms with Crippen LogP contribution in [0.15, 0.2) is 30.3 Å². The van der Waals surface area contributed by atoms with Gasteiger partial charge in [0.1, 0.15) is 0 Å². The molecule has 0 saturated heterocycles. The predicted octanol–water partition coefficient (Wildman–Crippen LogP) is 2.41. The summed E-state index contributed by atoms with van der Waals surface area (Å²) in [6.45, 7) is 0. The Hall–Kier alpha value is -0.570. The fourth-order valence-corrected chi connectivity index (χ4v) is 2.81. The van der Waals surface area contributed by atoms with E-state index in [9.17, 15) is 5.11 Å². The molecule has 2 rings (SSSR count). The van der Waals surface area contributed by atoms with E-state index in [1.165, 1.54) is 5.56 Å². The standard InChI is InChI=1S/C13H19NO.ClH/c1-14(2)13(10-6-9-12(13)15)11-7-4-3-5-8-11;/h3-5,7-8,12,15H,6,9-10H2,1-2H3;1H/t12?,13-;/m0./s1. The normalized spacial score (nSPS) is 29.1. The molecule has 16 heavy (non-hydrogen) atoms. The lowest BCUT2D eigenvalue weighted by molar-refractivity contribution is 0.0139. The van der Waals surface area contributed by atoms with E-state index < -0.39 is 0 Å².